The molecular formula is C34H35NO3. The van der Waals surface area contributed by atoms with Crippen LogP contribution in [0.4, 0.5) is 5.69 Å². The molecule has 194 valence electrons. The summed E-state index contributed by atoms with van der Waals surface area (Å²) in [5.74, 6) is 1.59. The highest BCUT2D eigenvalue weighted by atomic mass is 16.5. The molecule has 4 aromatic rings. The quantitative estimate of drug-likeness (QED) is 0.221. The molecule has 38 heavy (non-hydrogen) atoms. The summed E-state index contributed by atoms with van der Waals surface area (Å²) in [4.78, 5) is 12.2. The predicted octanol–water partition coefficient (Wildman–Crippen LogP) is 8.24. The van der Waals surface area contributed by atoms with Gasteiger partial charge in [-0.3, -0.25) is 4.79 Å². The SMILES string of the molecule is CC/C(=C(/c1ccc(NC(=O)C(C)C)cc1)c1ccc(OC)cc1)c1ccc(OCc2ccccc2)cc1. The van der Waals surface area contributed by atoms with Crippen LogP contribution >= 0.6 is 0 Å². The lowest BCUT2D eigenvalue weighted by Gasteiger charge is -2.18. The van der Waals surface area contributed by atoms with Crippen LogP contribution in [0.3, 0.4) is 0 Å². The van der Waals surface area contributed by atoms with Crippen molar-refractivity contribution in [2.24, 2.45) is 5.92 Å². The van der Waals surface area contributed by atoms with Crippen molar-refractivity contribution in [3.8, 4) is 11.5 Å². The van der Waals surface area contributed by atoms with Gasteiger partial charge >= 0.3 is 0 Å². The second-order valence-electron chi connectivity index (χ2n) is 9.46. The van der Waals surface area contributed by atoms with Gasteiger partial charge in [-0.05, 0) is 76.2 Å². The number of carbonyl (C=O) groups excluding carboxylic acids is 1. The molecule has 0 aromatic heterocycles. The minimum absolute atomic E-state index is 0.00694. The van der Waals surface area contributed by atoms with Gasteiger partial charge in [0.25, 0.3) is 0 Å². The van der Waals surface area contributed by atoms with Gasteiger partial charge in [0.05, 0.1) is 7.11 Å². The Labute approximate surface area is 226 Å². The Morgan fingerprint density at radius 3 is 1.84 bits per heavy atom. The summed E-state index contributed by atoms with van der Waals surface area (Å²) in [6.07, 6.45) is 0.845. The molecule has 0 bridgehead atoms. The van der Waals surface area contributed by atoms with Crippen LogP contribution in [-0.2, 0) is 11.4 Å². The Morgan fingerprint density at radius 1 is 0.737 bits per heavy atom. The summed E-state index contributed by atoms with van der Waals surface area (Å²) >= 11 is 0. The van der Waals surface area contributed by atoms with Crippen LogP contribution in [0.25, 0.3) is 11.1 Å². The fourth-order valence-corrected chi connectivity index (χ4v) is 4.30. The smallest absolute Gasteiger partial charge is 0.226 e. The first-order valence-corrected chi connectivity index (χ1v) is 13.0. The average Bonchev–Trinajstić information content (AvgIpc) is 2.96. The molecule has 0 atom stereocenters. The van der Waals surface area contributed by atoms with Crippen molar-refractivity contribution in [1.29, 1.82) is 0 Å². The minimum Gasteiger partial charge on any atom is -0.497 e. The fraction of sp³-hybridized carbons (Fsp3) is 0.206. The second kappa shape index (κ2) is 12.8. The molecule has 0 aliphatic carbocycles. The van der Waals surface area contributed by atoms with E-state index >= 15 is 0 Å². The summed E-state index contributed by atoms with van der Waals surface area (Å²) in [6.45, 7) is 6.49. The lowest BCUT2D eigenvalue weighted by atomic mass is 9.88. The number of carbonyl (C=O) groups is 1. The molecule has 0 spiro atoms. The molecule has 0 saturated carbocycles. The van der Waals surface area contributed by atoms with E-state index < -0.39 is 0 Å². The molecule has 0 aliphatic heterocycles. The number of allylic oxidation sites excluding steroid dienone is 1. The molecule has 4 rings (SSSR count). The van der Waals surface area contributed by atoms with E-state index in [2.05, 4.69) is 60.8 Å². The van der Waals surface area contributed by atoms with E-state index in [-0.39, 0.29) is 11.8 Å². The van der Waals surface area contributed by atoms with Crippen molar-refractivity contribution >= 4 is 22.7 Å². The van der Waals surface area contributed by atoms with Crippen LogP contribution in [-0.4, -0.2) is 13.0 Å². The number of methoxy groups -OCH3 is 1. The van der Waals surface area contributed by atoms with Crippen LogP contribution in [0.15, 0.2) is 103 Å². The van der Waals surface area contributed by atoms with Crippen LogP contribution in [0.5, 0.6) is 11.5 Å². The highest BCUT2D eigenvalue weighted by Crippen LogP contribution is 2.36. The summed E-state index contributed by atoms with van der Waals surface area (Å²) in [7, 11) is 1.68. The van der Waals surface area contributed by atoms with Gasteiger partial charge in [0.1, 0.15) is 18.1 Å². The van der Waals surface area contributed by atoms with Crippen LogP contribution < -0.4 is 14.8 Å². The molecule has 0 aliphatic rings. The maximum Gasteiger partial charge on any atom is 0.226 e. The number of anilines is 1. The topological polar surface area (TPSA) is 47.6 Å². The molecule has 4 aromatic carbocycles. The molecule has 4 heteroatoms. The zero-order valence-corrected chi connectivity index (χ0v) is 22.5. The predicted molar refractivity (Wildman–Crippen MR) is 156 cm³/mol. The molecule has 4 nitrogen and oxygen atoms in total. The van der Waals surface area contributed by atoms with Gasteiger partial charge in [-0.15, -0.1) is 0 Å². The monoisotopic (exact) mass is 505 g/mol. The van der Waals surface area contributed by atoms with Crippen molar-refractivity contribution in [1.82, 2.24) is 0 Å². The van der Waals surface area contributed by atoms with Gasteiger partial charge in [0.2, 0.25) is 5.91 Å². The third kappa shape index (κ3) is 6.71. The number of ether oxygens (including phenoxy) is 2. The molecule has 0 fully saturated rings. The van der Waals surface area contributed by atoms with E-state index in [0.29, 0.717) is 6.61 Å². The van der Waals surface area contributed by atoms with E-state index in [1.165, 1.54) is 5.57 Å². The van der Waals surface area contributed by atoms with Gasteiger partial charge in [-0.2, -0.15) is 0 Å². The van der Waals surface area contributed by atoms with Crippen LogP contribution in [0.1, 0.15) is 49.4 Å². The third-order valence-electron chi connectivity index (χ3n) is 6.45. The maximum absolute atomic E-state index is 12.2. The standard InChI is InChI=1S/C34H35NO3/c1-5-32(26-13-21-31(22-14-26)38-23-25-9-7-6-8-10-25)33(28-15-19-30(37-4)20-16-28)27-11-17-29(18-12-27)35-34(36)24(2)3/h6-22,24H,5,23H2,1-4H3,(H,35,36)/b33-32+. The lowest BCUT2D eigenvalue weighted by Crippen LogP contribution is -2.17. The van der Waals surface area contributed by atoms with E-state index in [1.807, 2.05) is 68.4 Å². The van der Waals surface area contributed by atoms with Crippen molar-refractivity contribution in [2.75, 3.05) is 12.4 Å². The molecule has 0 unspecified atom stereocenters. The number of amides is 1. The number of hydrogen-bond donors (Lipinski definition) is 1. The Bertz CT molecular complexity index is 1350. The van der Waals surface area contributed by atoms with Gasteiger partial charge in [-0.25, -0.2) is 0 Å². The van der Waals surface area contributed by atoms with E-state index in [9.17, 15) is 4.79 Å². The first kappa shape index (κ1) is 26.7. The van der Waals surface area contributed by atoms with Gasteiger partial charge in [0.15, 0.2) is 0 Å². The fourth-order valence-electron chi connectivity index (χ4n) is 4.30. The Kier molecular flexibility index (Phi) is 8.99. The lowest BCUT2D eigenvalue weighted by molar-refractivity contribution is -0.118. The highest BCUT2D eigenvalue weighted by molar-refractivity contribution is 5.99. The number of benzene rings is 4. The minimum atomic E-state index is -0.0734. The van der Waals surface area contributed by atoms with Crippen molar-refractivity contribution < 1.29 is 14.3 Å². The van der Waals surface area contributed by atoms with Crippen molar-refractivity contribution in [3.63, 3.8) is 0 Å². The first-order chi connectivity index (χ1) is 18.5. The molecule has 0 heterocycles. The summed E-state index contributed by atoms with van der Waals surface area (Å²) in [6, 6.07) is 34.7. The van der Waals surface area contributed by atoms with E-state index in [1.54, 1.807) is 7.11 Å². The highest BCUT2D eigenvalue weighted by Gasteiger charge is 2.15. The molecule has 0 radical (unpaired) electrons. The van der Waals surface area contributed by atoms with Gasteiger partial charge < -0.3 is 14.8 Å². The maximum atomic E-state index is 12.2. The molecule has 1 amide bonds. The normalized spacial score (nSPS) is 11.6. The van der Waals surface area contributed by atoms with Crippen LogP contribution in [0.2, 0.25) is 0 Å². The Morgan fingerprint density at radius 2 is 1.29 bits per heavy atom. The third-order valence-corrected chi connectivity index (χ3v) is 6.45. The summed E-state index contributed by atoms with van der Waals surface area (Å²) in [5.41, 5.74) is 7.63. The number of rotatable bonds is 10. The Balaban J connectivity index is 1.68. The van der Waals surface area contributed by atoms with Gasteiger partial charge in [0, 0.05) is 11.6 Å². The van der Waals surface area contributed by atoms with Crippen molar-refractivity contribution in [2.45, 2.75) is 33.8 Å². The summed E-state index contributed by atoms with van der Waals surface area (Å²) in [5, 5.41) is 2.98. The largest absolute Gasteiger partial charge is 0.497 e. The van der Waals surface area contributed by atoms with E-state index in [0.717, 1.165) is 51.4 Å². The average molecular weight is 506 g/mol. The van der Waals surface area contributed by atoms with Crippen molar-refractivity contribution in [3.05, 3.63) is 125 Å². The number of hydrogen-bond acceptors (Lipinski definition) is 3. The molecular weight excluding hydrogens is 470 g/mol. The molecule has 0 saturated heterocycles. The second-order valence-corrected chi connectivity index (χ2v) is 9.46. The zero-order chi connectivity index (χ0) is 26.9. The number of nitrogens with one attached hydrogen (secondary N) is 1. The van der Waals surface area contributed by atoms with Gasteiger partial charge in [-0.1, -0.05) is 87.5 Å². The van der Waals surface area contributed by atoms with Crippen LogP contribution in [0, 0.1) is 5.92 Å². The summed E-state index contributed by atoms with van der Waals surface area (Å²) < 4.78 is 11.4. The molecule has 1 N–H and O–H groups in total. The zero-order valence-electron chi connectivity index (χ0n) is 22.5. The first-order valence-electron chi connectivity index (χ1n) is 13.0. The van der Waals surface area contributed by atoms with E-state index in [4.69, 9.17) is 9.47 Å². The Hall–Kier alpha value is -4.31.